The molecule has 0 fully saturated rings. The molecule has 0 aliphatic rings. The lowest BCUT2D eigenvalue weighted by Crippen LogP contribution is -2.15. The van der Waals surface area contributed by atoms with Crippen molar-refractivity contribution in [1.82, 2.24) is 9.97 Å². The molecule has 0 aliphatic carbocycles. The Morgan fingerprint density at radius 1 is 0.970 bits per heavy atom. The van der Waals surface area contributed by atoms with Crippen LogP contribution in [0.3, 0.4) is 0 Å². The number of aromatic nitrogens is 2. The zero-order chi connectivity index (χ0) is 23.8. The molecule has 33 heavy (non-hydrogen) atoms. The molecule has 4 rings (SSSR count). The van der Waals surface area contributed by atoms with Gasteiger partial charge in [0, 0.05) is 18.7 Å². The van der Waals surface area contributed by atoms with E-state index in [1.54, 1.807) is 24.4 Å². The molecule has 2 aromatic carbocycles. The monoisotopic (exact) mass is 480 g/mol. The molecule has 2 aromatic heterocycles. The van der Waals surface area contributed by atoms with Gasteiger partial charge in [-0.1, -0.05) is 50.3 Å². The van der Waals surface area contributed by atoms with E-state index in [-0.39, 0.29) is 16.2 Å². The van der Waals surface area contributed by atoms with Crippen LogP contribution in [0.5, 0.6) is 0 Å². The summed E-state index contributed by atoms with van der Waals surface area (Å²) < 4.78 is 29.3. The van der Waals surface area contributed by atoms with Crippen molar-refractivity contribution in [1.29, 1.82) is 0 Å². The fourth-order valence-electron chi connectivity index (χ4n) is 3.31. The number of benzene rings is 2. The maximum Gasteiger partial charge on any atom is 0.261 e. The molecule has 1 amide bonds. The second-order valence-corrected chi connectivity index (χ2v) is 11.4. The van der Waals surface area contributed by atoms with Gasteiger partial charge in [0.05, 0.1) is 27.0 Å². The van der Waals surface area contributed by atoms with Gasteiger partial charge in [0.2, 0.25) is 5.91 Å². The molecule has 0 saturated heterocycles. The van der Waals surface area contributed by atoms with Gasteiger partial charge in [-0.25, -0.2) is 13.4 Å². The molecule has 0 aliphatic heterocycles. The average Bonchev–Trinajstić information content (AvgIpc) is 3.13. The van der Waals surface area contributed by atoms with Gasteiger partial charge >= 0.3 is 0 Å². The molecule has 0 unspecified atom stereocenters. The first-order valence-corrected chi connectivity index (χ1v) is 12.6. The predicted molar refractivity (Wildman–Crippen MR) is 133 cm³/mol. The molecular formula is C24H24N4O3S2. The zero-order valence-electron chi connectivity index (χ0n) is 18.7. The Hall–Kier alpha value is -3.30. The molecule has 0 saturated carbocycles. The number of thiazole rings is 1. The van der Waals surface area contributed by atoms with Crippen molar-refractivity contribution < 1.29 is 13.2 Å². The summed E-state index contributed by atoms with van der Waals surface area (Å²) in [6.07, 6.45) is 3.15. The van der Waals surface area contributed by atoms with E-state index in [1.807, 2.05) is 30.3 Å². The minimum Gasteiger partial charge on any atom is -0.302 e. The lowest BCUT2D eigenvalue weighted by atomic mass is 9.87. The summed E-state index contributed by atoms with van der Waals surface area (Å²) in [7, 11) is -3.76. The van der Waals surface area contributed by atoms with Crippen molar-refractivity contribution in [2.45, 2.75) is 38.0 Å². The lowest BCUT2D eigenvalue weighted by molar-refractivity contribution is -0.114. The third-order valence-electron chi connectivity index (χ3n) is 5.03. The summed E-state index contributed by atoms with van der Waals surface area (Å²) in [5, 5.41) is 3.23. The highest BCUT2D eigenvalue weighted by Crippen LogP contribution is 2.31. The second-order valence-electron chi connectivity index (χ2n) is 8.72. The second kappa shape index (κ2) is 8.57. The largest absolute Gasteiger partial charge is 0.302 e. The number of hydrogen-bond acceptors (Lipinski definition) is 6. The Morgan fingerprint density at radius 3 is 2.36 bits per heavy atom. The molecule has 4 aromatic rings. The Labute approximate surface area is 197 Å². The average molecular weight is 481 g/mol. The van der Waals surface area contributed by atoms with Crippen molar-refractivity contribution in [3.05, 3.63) is 66.5 Å². The molecule has 0 radical (unpaired) electrons. The van der Waals surface area contributed by atoms with E-state index >= 15 is 0 Å². The van der Waals surface area contributed by atoms with Crippen molar-refractivity contribution in [3.8, 4) is 11.1 Å². The summed E-state index contributed by atoms with van der Waals surface area (Å²) in [6.45, 7) is 7.68. The topological polar surface area (TPSA) is 101 Å². The van der Waals surface area contributed by atoms with Crippen LogP contribution in [0.4, 0.5) is 10.8 Å². The smallest absolute Gasteiger partial charge is 0.261 e. The van der Waals surface area contributed by atoms with Crippen LogP contribution < -0.4 is 10.0 Å². The Morgan fingerprint density at radius 2 is 1.70 bits per heavy atom. The fraction of sp³-hybridized carbons (Fsp3) is 0.208. The highest BCUT2D eigenvalue weighted by molar-refractivity contribution is 7.92. The Bertz CT molecular complexity index is 1440. The van der Waals surface area contributed by atoms with Crippen LogP contribution in [0.15, 0.2) is 65.8 Å². The van der Waals surface area contributed by atoms with Gasteiger partial charge in [0.15, 0.2) is 5.13 Å². The number of sulfonamides is 1. The Kier molecular flexibility index (Phi) is 5.94. The van der Waals surface area contributed by atoms with Crippen molar-refractivity contribution in [2.24, 2.45) is 0 Å². The van der Waals surface area contributed by atoms with Crippen LogP contribution in [0.2, 0.25) is 0 Å². The minimum atomic E-state index is -3.76. The number of carbonyl (C=O) groups is 1. The normalized spacial score (nSPS) is 12.0. The minimum absolute atomic E-state index is 0.0595. The SMILES string of the molecule is CC(=O)Nc1nc2ccc(-c3cncc(NS(=O)(=O)c4ccc(C(C)(C)C)cc4)c3)cc2s1. The van der Waals surface area contributed by atoms with Crippen LogP contribution in [-0.2, 0) is 20.2 Å². The van der Waals surface area contributed by atoms with E-state index < -0.39 is 10.0 Å². The number of amides is 1. The molecule has 7 nitrogen and oxygen atoms in total. The molecule has 9 heteroatoms. The van der Waals surface area contributed by atoms with E-state index in [9.17, 15) is 13.2 Å². The van der Waals surface area contributed by atoms with Gasteiger partial charge in [-0.05, 0) is 46.9 Å². The highest BCUT2D eigenvalue weighted by Gasteiger charge is 2.18. The van der Waals surface area contributed by atoms with Gasteiger partial charge in [0.1, 0.15) is 0 Å². The summed E-state index contributed by atoms with van der Waals surface area (Å²) in [6, 6.07) is 14.3. The lowest BCUT2D eigenvalue weighted by Gasteiger charge is -2.19. The summed E-state index contributed by atoms with van der Waals surface area (Å²) in [5.74, 6) is -0.175. The zero-order valence-corrected chi connectivity index (χ0v) is 20.3. The van der Waals surface area contributed by atoms with Crippen molar-refractivity contribution in [2.75, 3.05) is 10.0 Å². The summed E-state index contributed by atoms with van der Waals surface area (Å²) in [4.78, 5) is 20.1. The van der Waals surface area contributed by atoms with E-state index in [1.165, 1.54) is 24.5 Å². The van der Waals surface area contributed by atoms with Crippen LogP contribution in [0, 0.1) is 0 Å². The number of carbonyl (C=O) groups excluding carboxylic acids is 1. The number of nitrogens with one attached hydrogen (secondary N) is 2. The number of anilines is 2. The summed E-state index contributed by atoms with van der Waals surface area (Å²) in [5.41, 5.74) is 3.77. The van der Waals surface area contributed by atoms with Crippen molar-refractivity contribution >= 4 is 48.3 Å². The van der Waals surface area contributed by atoms with E-state index in [4.69, 9.17) is 0 Å². The highest BCUT2D eigenvalue weighted by atomic mass is 32.2. The first-order chi connectivity index (χ1) is 15.5. The van der Waals surface area contributed by atoms with Gasteiger partial charge in [-0.3, -0.25) is 14.5 Å². The quantitative estimate of drug-likeness (QED) is 0.397. The van der Waals surface area contributed by atoms with Gasteiger partial charge in [-0.2, -0.15) is 0 Å². The Balaban J connectivity index is 1.59. The van der Waals surface area contributed by atoms with Crippen LogP contribution in [0.25, 0.3) is 21.3 Å². The standard InChI is InChI=1S/C24H24N4O3S2/c1-15(29)26-23-27-21-10-5-16(12-22(21)32-23)17-11-19(14-25-13-17)28-33(30,31)20-8-6-18(7-9-20)24(2,3)4/h5-14,28H,1-4H3,(H,26,27,29). The number of hydrogen-bond donors (Lipinski definition) is 2. The third kappa shape index (κ3) is 5.20. The molecule has 170 valence electrons. The van der Waals surface area contributed by atoms with Gasteiger partial charge < -0.3 is 5.32 Å². The molecular weight excluding hydrogens is 456 g/mol. The molecule has 2 heterocycles. The third-order valence-corrected chi connectivity index (χ3v) is 7.36. The van der Waals surface area contributed by atoms with Crippen molar-refractivity contribution in [3.63, 3.8) is 0 Å². The van der Waals surface area contributed by atoms with E-state index in [0.29, 0.717) is 10.8 Å². The number of nitrogens with zero attached hydrogens (tertiary/aromatic N) is 2. The van der Waals surface area contributed by atoms with Gasteiger partial charge in [-0.15, -0.1) is 0 Å². The first kappa shape index (κ1) is 22.9. The van der Waals surface area contributed by atoms with E-state index in [2.05, 4.69) is 40.8 Å². The van der Waals surface area contributed by atoms with Crippen LogP contribution in [0.1, 0.15) is 33.3 Å². The number of rotatable bonds is 5. The first-order valence-electron chi connectivity index (χ1n) is 10.3. The number of pyridine rings is 1. The number of fused-ring (bicyclic) bond motifs is 1. The fourth-order valence-corrected chi connectivity index (χ4v) is 5.30. The maximum absolute atomic E-state index is 12.9. The summed E-state index contributed by atoms with van der Waals surface area (Å²) >= 11 is 1.37. The maximum atomic E-state index is 12.9. The molecule has 0 spiro atoms. The predicted octanol–water partition coefficient (Wildman–Crippen LogP) is 5.42. The van der Waals surface area contributed by atoms with Crippen LogP contribution >= 0.6 is 11.3 Å². The van der Waals surface area contributed by atoms with E-state index in [0.717, 1.165) is 26.9 Å². The molecule has 2 N–H and O–H groups in total. The van der Waals surface area contributed by atoms with Crippen LogP contribution in [-0.4, -0.2) is 24.3 Å². The van der Waals surface area contributed by atoms with Gasteiger partial charge in [0.25, 0.3) is 10.0 Å². The molecule has 0 bridgehead atoms. The molecule has 0 atom stereocenters.